The normalized spacial score (nSPS) is 15.1. The third kappa shape index (κ3) is 3.98. The van der Waals surface area contributed by atoms with Crippen molar-refractivity contribution in [3.8, 4) is 0 Å². The van der Waals surface area contributed by atoms with Crippen molar-refractivity contribution in [1.29, 1.82) is 0 Å². The van der Waals surface area contributed by atoms with Crippen LogP contribution in [0.5, 0.6) is 0 Å². The summed E-state index contributed by atoms with van der Waals surface area (Å²) in [6.07, 6.45) is 2.13. The summed E-state index contributed by atoms with van der Waals surface area (Å²) in [5, 5.41) is 0.960. The van der Waals surface area contributed by atoms with Gasteiger partial charge in [0.05, 0.1) is 15.5 Å². The Morgan fingerprint density at radius 2 is 2.12 bits per heavy atom. The average Bonchev–Trinajstić information content (AvgIpc) is 3.36. The molecule has 2 aromatic rings. The number of aromatic nitrogens is 1. The molecule has 1 saturated carbocycles. The number of rotatable bonds is 6. The quantitative estimate of drug-likeness (QED) is 0.633. The monoisotopic (exact) mass is 408 g/mol. The molecule has 0 unspecified atom stereocenters. The Morgan fingerprint density at radius 3 is 2.75 bits per heavy atom. The molecular weight excluding hydrogens is 388 g/mol. The standard InChI is InChI=1S/C18H21BrN2O2S/c1-3-21(18(22)23-11-13-7-5-4-6-8-13)12(2)17-20-15(14-9-10-14)16(19)24-17/h4-8,12,14H,3,9-11H2,1-2H3/t12-/m1/s1. The van der Waals surface area contributed by atoms with Crippen LogP contribution >= 0.6 is 27.3 Å². The van der Waals surface area contributed by atoms with Gasteiger partial charge in [0.15, 0.2) is 0 Å². The Hall–Kier alpha value is -1.40. The minimum atomic E-state index is -0.298. The van der Waals surface area contributed by atoms with Crippen LogP contribution in [-0.2, 0) is 11.3 Å². The van der Waals surface area contributed by atoms with Crippen molar-refractivity contribution in [3.05, 3.63) is 50.4 Å². The molecule has 1 aromatic carbocycles. The van der Waals surface area contributed by atoms with Crippen molar-refractivity contribution in [3.63, 3.8) is 0 Å². The van der Waals surface area contributed by atoms with Crippen molar-refractivity contribution in [2.45, 2.75) is 45.3 Å². The SMILES string of the molecule is CCN(C(=O)OCc1ccccc1)[C@H](C)c1nc(C2CC2)c(Br)s1. The summed E-state index contributed by atoms with van der Waals surface area (Å²) >= 11 is 5.24. The van der Waals surface area contributed by atoms with Crippen LogP contribution in [-0.4, -0.2) is 22.5 Å². The fraction of sp³-hybridized carbons (Fsp3) is 0.444. The van der Waals surface area contributed by atoms with Crippen LogP contribution in [0.4, 0.5) is 4.79 Å². The van der Waals surface area contributed by atoms with E-state index in [0.717, 1.165) is 20.1 Å². The number of carbonyl (C=O) groups excluding carboxylic acids is 1. The molecule has 24 heavy (non-hydrogen) atoms. The van der Waals surface area contributed by atoms with Crippen LogP contribution in [0, 0.1) is 0 Å². The van der Waals surface area contributed by atoms with E-state index in [9.17, 15) is 4.79 Å². The number of nitrogens with zero attached hydrogens (tertiary/aromatic N) is 2. The highest BCUT2D eigenvalue weighted by Gasteiger charge is 2.31. The highest BCUT2D eigenvalue weighted by Crippen LogP contribution is 2.45. The molecule has 0 bridgehead atoms. The van der Waals surface area contributed by atoms with Crippen molar-refractivity contribution in [1.82, 2.24) is 9.88 Å². The van der Waals surface area contributed by atoms with E-state index in [1.165, 1.54) is 12.8 Å². The molecule has 0 saturated heterocycles. The summed E-state index contributed by atoms with van der Waals surface area (Å²) < 4.78 is 6.57. The van der Waals surface area contributed by atoms with E-state index in [1.54, 1.807) is 16.2 Å². The molecule has 128 valence electrons. The van der Waals surface area contributed by atoms with Crippen LogP contribution in [0.25, 0.3) is 0 Å². The molecule has 1 atom stereocenters. The van der Waals surface area contributed by atoms with Gasteiger partial charge in [0, 0.05) is 12.5 Å². The Bertz CT molecular complexity index is 700. The van der Waals surface area contributed by atoms with Crippen LogP contribution < -0.4 is 0 Å². The van der Waals surface area contributed by atoms with E-state index in [4.69, 9.17) is 9.72 Å². The van der Waals surface area contributed by atoms with Gasteiger partial charge in [-0.15, -0.1) is 11.3 Å². The van der Waals surface area contributed by atoms with Gasteiger partial charge in [-0.1, -0.05) is 30.3 Å². The Kier molecular flexibility index (Phi) is 5.56. The molecule has 1 heterocycles. The number of halogens is 1. The molecule has 1 aromatic heterocycles. The van der Waals surface area contributed by atoms with Gasteiger partial charge in [-0.05, 0) is 48.2 Å². The lowest BCUT2D eigenvalue weighted by molar-refractivity contribution is 0.0852. The number of ether oxygens (including phenoxy) is 1. The summed E-state index contributed by atoms with van der Waals surface area (Å²) in [4.78, 5) is 19.0. The molecule has 0 aliphatic heterocycles. The number of amides is 1. The first-order valence-corrected chi connectivity index (χ1v) is 9.84. The van der Waals surface area contributed by atoms with Gasteiger partial charge < -0.3 is 4.74 Å². The first-order valence-electron chi connectivity index (χ1n) is 8.23. The summed E-state index contributed by atoms with van der Waals surface area (Å²) in [5.41, 5.74) is 2.14. The summed E-state index contributed by atoms with van der Waals surface area (Å²) in [5.74, 6) is 0.594. The van der Waals surface area contributed by atoms with Gasteiger partial charge in [0.2, 0.25) is 0 Å². The molecular formula is C18H21BrN2O2S. The van der Waals surface area contributed by atoms with Gasteiger partial charge in [-0.2, -0.15) is 0 Å². The van der Waals surface area contributed by atoms with Gasteiger partial charge in [-0.3, -0.25) is 4.90 Å². The van der Waals surface area contributed by atoms with Crippen molar-refractivity contribution in [2.75, 3.05) is 6.54 Å². The van der Waals surface area contributed by atoms with Gasteiger partial charge >= 0.3 is 6.09 Å². The van der Waals surface area contributed by atoms with Crippen molar-refractivity contribution < 1.29 is 9.53 Å². The predicted molar refractivity (Wildman–Crippen MR) is 99.2 cm³/mol. The van der Waals surface area contributed by atoms with Crippen LogP contribution in [0.1, 0.15) is 54.9 Å². The molecule has 0 radical (unpaired) electrons. The van der Waals surface area contributed by atoms with Crippen molar-refractivity contribution >= 4 is 33.4 Å². The van der Waals surface area contributed by atoms with E-state index in [0.29, 0.717) is 12.5 Å². The molecule has 0 N–H and O–H groups in total. The molecule has 1 fully saturated rings. The summed E-state index contributed by atoms with van der Waals surface area (Å²) in [6, 6.07) is 9.64. The highest BCUT2D eigenvalue weighted by molar-refractivity contribution is 9.11. The van der Waals surface area contributed by atoms with Crippen LogP contribution in [0.2, 0.25) is 0 Å². The molecule has 1 aliphatic carbocycles. The molecule has 4 nitrogen and oxygen atoms in total. The molecule has 0 spiro atoms. The lowest BCUT2D eigenvalue weighted by Crippen LogP contribution is -2.33. The average molecular weight is 409 g/mol. The first-order chi connectivity index (χ1) is 11.6. The molecule has 3 rings (SSSR count). The largest absolute Gasteiger partial charge is 0.445 e. The lowest BCUT2D eigenvalue weighted by atomic mass is 10.2. The van der Waals surface area contributed by atoms with Crippen LogP contribution in [0.3, 0.4) is 0 Å². The second-order valence-corrected chi connectivity index (χ2v) is 8.34. The van der Waals surface area contributed by atoms with Crippen molar-refractivity contribution in [2.24, 2.45) is 0 Å². The Balaban J connectivity index is 1.65. The Labute approximate surface area is 155 Å². The zero-order chi connectivity index (χ0) is 17.1. The second-order valence-electron chi connectivity index (χ2n) is 5.99. The number of carbonyl (C=O) groups is 1. The predicted octanol–water partition coefficient (Wildman–Crippen LogP) is 5.50. The topological polar surface area (TPSA) is 42.4 Å². The maximum absolute atomic E-state index is 12.5. The first kappa shape index (κ1) is 17.4. The molecule has 6 heteroatoms. The van der Waals surface area contributed by atoms with E-state index in [-0.39, 0.29) is 18.7 Å². The number of benzene rings is 1. The maximum atomic E-state index is 12.5. The van der Waals surface area contributed by atoms with Crippen LogP contribution in [0.15, 0.2) is 34.1 Å². The molecule has 1 amide bonds. The highest BCUT2D eigenvalue weighted by atomic mass is 79.9. The van der Waals surface area contributed by atoms with E-state index < -0.39 is 0 Å². The number of thiazole rings is 1. The smallest absolute Gasteiger partial charge is 0.410 e. The Morgan fingerprint density at radius 1 is 1.42 bits per heavy atom. The lowest BCUT2D eigenvalue weighted by Gasteiger charge is -2.25. The molecule has 1 aliphatic rings. The summed E-state index contributed by atoms with van der Waals surface area (Å²) in [6.45, 7) is 4.85. The third-order valence-electron chi connectivity index (χ3n) is 4.20. The minimum absolute atomic E-state index is 0.0907. The fourth-order valence-corrected chi connectivity index (χ4v) is 4.47. The van der Waals surface area contributed by atoms with E-state index >= 15 is 0 Å². The fourth-order valence-electron chi connectivity index (χ4n) is 2.61. The second kappa shape index (κ2) is 7.66. The van der Waals surface area contributed by atoms with E-state index in [2.05, 4.69) is 15.9 Å². The zero-order valence-corrected chi connectivity index (χ0v) is 16.3. The van der Waals surface area contributed by atoms with E-state index in [1.807, 2.05) is 44.2 Å². The summed E-state index contributed by atoms with van der Waals surface area (Å²) in [7, 11) is 0. The zero-order valence-electron chi connectivity index (χ0n) is 13.9. The van der Waals surface area contributed by atoms with Gasteiger partial charge in [0.1, 0.15) is 11.6 Å². The maximum Gasteiger partial charge on any atom is 0.410 e. The van der Waals surface area contributed by atoms with Gasteiger partial charge in [-0.25, -0.2) is 9.78 Å². The van der Waals surface area contributed by atoms with Gasteiger partial charge in [0.25, 0.3) is 0 Å². The number of hydrogen-bond donors (Lipinski definition) is 0. The third-order valence-corrected chi connectivity index (χ3v) is 6.12. The number of hydrogen-bond acceptors (Lipinski definition) is 4. The minimum Gasteiger partial charge on any atom is -0.445 e.